The second-order valence-electron chi connectivity index (χ2n) is 7.46. The van der Waals surface area contributed by atoms with Crippen LogP contribution in [0.5, 0.6) is 0 Å². The summed E-state index contributed by atoms with van der Waals surface area (Å²) in [6.45, 7) is 5.07. The van der Waals surface area contributed by atoms with Crippen LogP contribution in [0.1, 0.15) is 49.6 Å². The van der Waals surface area contributed by atoms with E-state index < -0.39 is 0 Å². The van der Waals surface area contributed by atoms with Gasteiger partial charge in [-0.05, 0) is 44.2 Å². The van der Waals surface area contributed by atoms with Crippen LogP contribution in [0.4, 0.5) is 0 Å². The van der Waals surface area contributed by atoms with Crippen LogP contribution >= 0.6 is 0 Å². The normalized spacial score (nSPS) is 21.1. The largest absolute Gasteiger partial charge is 0.459 e. The third-order valence-corrected chi connectivity index (χ3v) is 5.52. The van der Waals surface area contributed by atoms with Crippen LogP contribution < -0.4 is 5.32 Å². The van der Waals surface area contributed by atoms with Crippen LogP contribution in [0.25, 0.3) is 0 Å². The molecule has 2 aliphatic heterocycles. The second-order valence-corrected chi connectivity index (χ2v) is 7.46. The second kappa shape index (κ2) is 9.06. The van der Waals surface area contributed by atoms with Crippen LogP contribution in [0, 0.1) is 11.8 Å². The molecule has 1 N–H and O–H groups in total. The zero-order chi connectivity index (χ0) is 19.2. The molecule has 2 saturated heterocycles. The van der Waals surface area contributed by atoms with E-state index >= 15 is 0 Å². The molecule has 1 unspecified atom stereocenters. The Morgan fingerprint density at radius 2 is 1.89 bits per heavy atom. The lowest BCUT2D eigenvalue weighted by molar-refractivity contribution is -0.140. The fourth-order valence-corrected chi connectivity index (χ4v) is 3.93. The molecular weight excluding hydrogens is 346 g/mol. The number of nitrogens with zero attached hydrogens (tertiary/aromatic N) is 2. The van der Waals surface area contributed by atoms with Gasteiger partial charge < -0.3 is 19.5 Å². The predicted molar refractivity (Wildman–Crippen MR) is 99.9 cm³/mol. The van der Waals surface area contributed by atoms with Crippen molar-refractivity contribution >= 4 is 17.7 Å². The Kier molecular flexibility index (Phi) is 6.53. The van der Waals surface area contributed by atoms with E-state index in [0.717, 1.165) is 25.8 Å². The fourth-order valence-electron chi connectivity index (χ4n) is 3.93. The first-order chi connectivity index (χ1) is 13.1. The number of piperidine rings is 2. The minimum absolute atomic E-state index is 0.0632. The van der Waals surface area contributed by atoms with E-state index in [1.54, 1.807) is 17.0 Å². The highest BCUT2D eigenvalue weighted by Crippen LogP contribution is 2.24. The number of hydrogen-bond donors (Lipinski definition) is 1. The third kappa shape index (κ3) is 4.70. The summed E-state index contributed by atoms with van der Waals surface area (Å²) in [6, 6.07) is 3.37. The molecule has 1 aromatic heterocycles. The lowest BCUT2D eigenvalue weighted by Crippen LogP contribution is -2.49. The maximum atomic E-state index is 12.9. The minimum atomic E-state index is -0.114. The number of amides is 3. The summed E-state index contributed by atoms with van der Waals surface area (Å²) in [5.74, 6) is 0.257. The monoisotopic (exact) mass is 375 g/mol. The van der Waals surface area contributed by atoms with Crippen molar-refractivity contribution in [1.82, 2.24) is 15.1 Å². The first kappa shape index (κ1) is 19.5. The van der Waals surface area contributed by atoms with Crippen molar-refractivity contribution in [2.24, 2.45) is 11.8 Å². The van der Waals surface area contributed by atoms with Gasteiger partial charge >= 0.3 is 0 Å². The number of nitrogens with one attached hydrogen (secondary N) is 1. The van der Waals surface area contributed by atoms with Gasteiger partial charge in [0.15, 0.2) is 5.76 Å². The van der Waals surface area contributed by atoms with Crippen LogP contribution in [-0.4, -0.2) is 60.2 Å². The summed E-state index contributed by atoms with van der Waals surface area (Å²) >= 11 is 0. The molecule has 3 amide bonds. The maximum Gasteiger partial charge on any atom is 0.289 e. The van der Waals surface area contributed by atoms with Crippen LogP contribution in [0.2, 0.25) is 0 Å². The molecule has 0 aliphatic carbocycles. The lowest BCUT2D eigenvalue weighted by atomic mass is 9.91. The van der Waals surface area contributed by atoms with E-state index in [0.29, 0.717) is 44.8 Å². The standard InChI is InChI=1S/C20H29N3O4/c1-2-9-21-18(24)16-5-3-10-23(14-16)19(25)15-7-11-22(12-8-15)20(26)17-6-4-13-27-17/h4,6,13,15-16H,2-3,5,7-12,14H2,1H3,(H,21,24). The molecule has 7 nitrogen and oxygen atoms in total. The first-order valence-electron chi connectivity index (χ1n) is 9.99. The van der Waals surface area contributed by atoms with Gasteiger partial charge in [0.25, 0.3) is 5.91 Å². The lowest BCUT2D eigenvalue weighted by Gasteiger charge is -2.37. The molecule has 0 aromatic carbocycles. The van der Waals surface area contributed by atoms with Crippen LogP contribution in [0.15, 0.2) is 22.8 Å². The molecule has 1 aromatic rings. The van der Waals surface area contributed by atoms with Crippen molar-refractivity contribution in [2.45, 2.75) is 39.0 Å². The summed E-state index contributed by atoms with van der Waals surface area (Å²) in [6.07, 6.45) is 5.44. The van der Waals surface area contributed by atoms with E-state index in [9.17, 15) is 14.4 Å². The number of carbonyl (C=O) groups excluding carboxylic acids is 3. The highest BCUT2D eigenvalue weighted by molar-refractivity contribution is 5.91. The number of likely N-dealkylation sites (tertiary alicyclic amines) is 2. The molecule has 3 heterocycles. The summed E-state index contributed by atoms with van der Waals surface area (Å²) in [7, 11) is 0. The van der Waals surface area contributed by atoms with Crippen LogP contribution in [0.3, 0.4) is 0 Å². The van der Waals surface area contributed by atoms with E-state index in [2.05, 4.69) is 5.32 Å². The Morgan fingerprint density at radius 3 is 2.56 bits per heavy atom. The van der Waals surface area contributed by atoms with Crippen molar-refractivity contribution < 1.29 is 18.8 Å². The van der Waals surface area contributed by atoms with Gasteiger partial charge in [-0.25, -0.2) is 0 Å². The zero-order valence-electron chi connectivity index (χ0n) is 16.0. The molecule has 3 rings (SSSR count). The van der Waals surface area contributed by atoms with Gasteiger partial charge in [0.2, 0.25) is 11.8 Å². The van der Waals surface area contributed by atoms with Crippen LogP contribution in [-0.2, 0) is 9.59 Å². The summed E-state index contributed by atoms with van der Waals surface area (Å²) in [5.41, 5.74) is 0. The van der Waals surface area contributed by atoms with Crippen molar-refractivity contribution in [3.05, 3.63) is 24.2 Å². The molecule has 1 atom stereocenters. The average Bonchev–Trinajstić information content (AvgIpc) is 3.26. The molecule has 0 spiro atoms. The van der Waals surface area contributed by atoms with Gasteiger partial charge in [-0.15, -0.1) is 0 Å². The smallest absolute Gasteiger partial charge is 0.289 e. The van der Waals surface area contributed by atoms with E-state index in [1.165, 1.54) is 6.26 Å². The average molecular weight is 375 g/mol. The van der Waals surface area contributed by atoms with Gasteiger partial charge in [-0.1, -0.05) is 6.92 Å². The molecular formula is C20H29N3O4. The minimum Gasteiger partial charge on any atom is -0.459 e. The van der Waals surface area contributed by atoms with E-state index in [4.69, 9.17) is 4.42 Å². The summed E-state index contributed by atoms with van der Waals surface area (Å²) in [4.78, 5) is 41.1. The van der Waals surface area contributed by atoms with Crippen molar-refractivity contribution in [2.75, 3.05) is 32.7 Å². The Balaban J connectivity index is 1.50. The Labute approximate surface area is 160 Å². The SMILES string of the molecule is CCCNC(=O)C1CCCN(C(=O)C2CCN(C(=O)c3ccco3)CC2)C1. The molecule has 0 radical (unpaired) electrons. The Hall–Kier alpha value is -2.31. The number of carbonyl (C=O) groups is 3. The highest BCUT2D eigenvalue weighted by Gasteiger charge is 2.34. The van der Waals surface area contributed by atoms with Gasteiger partial charge in [0.1, 0.15) is 0 Å². The number of hydrogen-bond acceptors (Lipinski definition) is 4. The fraction of sp³-hybridized carbons (Fsp3) is 0.650. The molecule has 2 fully saturated rings. The van der Waals surface area contributed by atoms with Crippen molar-refractivity contribution in [3.63, 3.8) is 0 Å². The molecule has 7 heteroatoms. The third-order valence-electron chi connectivity index (χ3n) is 5.52. The Bertz CT molecular complexity index is 650. The van der Waals surface area contributed by atoms with Gasteiger partial charge in [0.05, 0.1) is 12.2 Å². The van der Waals surface area contributed by atoms with Gasteiger partial charge in [-0.3, -0.25) is 14.4 Å². The van der Waals surface area contributed by atoms with Gasteiger partial charge in [0, 0.05) is 38.6 Å². The van der Waals surface area contributed by atoms with Crippen molar-refractivity contribution in [1.29, 1.82) is 0 Å². The van der Waals surface area contributed by atoms with E-state index in [1.807, 2.05) is 11.8 Å². The predicted octanol–water partition coefficient (Wildman–Crippen LogP) is 1.90. The van der Waals surface area contributed by atoms with Crippen molar-refractivity contribution in [3.8, 4) is 0 Å². The molecule has 148 valence electrons. The quantitative estimate of drug-likeness (QED) is 0.852. The zero-order valence-corrected chi connectivity index (χ0v) is 16.0. The number of furan rings is 1. The molecule has 0 bridgehead atoms. The van der Waals surface area contributed by atoms with Gasteiger partial charge in [-0.2, -0.15) is 0 Å². The molecule has 0 saturated carbocycles. The highest BCUT2D eigenvalue weighted by atomic mass is 16.3. The maximum absolute atomic E-state index is 12.9. The molecule has 2 aliphatic rings. The summed E-state index contributed by atoms with van der Waals surface area (Å²) < 4.78 is 5.18. The summed E-state index contributed by atoms with van der Waals surface area (Å²) in [5, 5.41) is 2.94. The topological polar surface area (TPSA) is 82.9 Å². The number of rotatable bonds is 5. The molecule has 27 heavy (non-hydrogen) atoms. The van der Waals surface area contributed by atoms with E-state index in [-0.39, 0.29) is 29.6 Å². The Morgan fingerprint density at radius 1 is 1.11 bits per heavy atom. The first-order valence-corrected chi connectivity index (χ1v) is 9.99.